The Bertz CT molecular complexity index is 390. The lowest BCUT2D eigenvalue weighted by Gasteiger charge is -2.08. The van der Waals surface area contributed by atoms with Gasteiger partial charge in [-0.1, -0.05) is 6.92 Å². The third kappa shape index (κ3) is 3.23. The zero-order valence-corrected chi connectivity index (χ0v) is 9.44. The molecule has 1 aromatic rings. The number of benzene rings is 1. The summed E-state index contributed by atoms with van der Waals surface area (Å²) < 4.78 is 0. The monoisotopic (exact) mass is 241 g/mol. The molecule has 0 aliphatic rings. The zero-order valence-electron chi connectivity index (χ0n) is 8.62. The molecule has 0 aromatic heterocycles. The molecule has 0 radical (unpaired) electrons. The van der Waals surface area contributed by atoms with E-state index < -0.39 is 16.1 Å². The van der Waals surface area contributed by atoms with Crippen LogP contribution < -0.4 is 0 Å². The SMILES string of the molecule is CCC(Sc1ccc([N+](=O)[O-])cc1)C(=O)O. The van der Waals surface area contributed by atoms with E-state index in [1.807, 2.05) is 0 Å². The van der Waals surface area contributed by atoms with Crippen LogP contribution >= 0.6 is 11.8 Å². The van der Waals surface area contributed by atoms with Gasteiger partial charge in [-0.25, -0.2) is 0 Å². The molecule has 5 nitrogen and oxygen atoms in total. The van der Waals surface area contributed by atoms with Crippen molar-refractivity contribution in [3.05, 3.63) is 34.4 Å². The smallest absolute Gasteiger partial charge is 0.316 e. The molecule has 0 saturated heterocycles. The van der Waals surface area contributed by atoms with Crippen molar-refractivity contribution in [3.8, 4) is 0 Å². The van der Waals surface area contributed by atoms with Crippen molar-refractivity contribution in [1.29, 1.82) is 0 Å². The highest BCUT2D eigenvalue weighted by Crippen LogP contribution is 2.27. The van der Waals surface area contributed by atoms with Crippen LogP contribution in [-0.2, 0) is 4.79 Å². The molecule has 6 heteroatoms. The van der Waals surface area contributed by atoms with Gasteiger partial charge in [-0.05, 0) is 18.6 Å². The Balaban J connectivity index is 2.75. The summed E-state index contributed by atoms with van der Waals surface area (Å²) in [7, 11) is 0. The predicted octanol–water partition coefficient (Wildman–Crippen LogP) is 2.55. The number of carboxylic acids is 1. The highest BCUT2D eigenvalue weighted by Gasteiger charge is 2.16. The third-order valence-electron chi connectivity index (χ3n) is 1.97. The fourth-order valence-electron chi connectivity index (χ4n) is 1.12. The first-order chi connectivity index (χ1) is 7.54. The first-order valence-corrected chi connectivity index (χ1v) is 5.56. The van der Waals surface area contributed by atoms with Crippen molar-refractivity contribution >= 4 is 23.4 Å². The van der Waals surface area contributed by atoms with Crippen molar-refractivity contribution in [3.63, 3.8) is 0 Å². The predicted molar refractivity (Wildman–Crippen MR) is 60.7 cm³/mol. The summed E-state index contributed by atoms with van der Waals surface area (Å²) in [5.41, 5.74) is 0.00715. The van der Waals surface area contributed by atoms with E-state index in [1.165, 1.54) is 23.9 Å². The van der Waals surface area contributed by atoms with Crippen molar-refractivity contribution in [2.45, 2.75) is 23.5 Å². The van der Waals surface area contributed by atoms with E-state index in [2.05, 4.69) is 0 Å². The lowest BCUT2D eigenvalue weighted by molar-refractivity contribution is -0.384. The molecule has 1 rings (SSSR count). The number of non-ortho nitro benzene ring substituents is 1. The van der Waals surface area contributed by atoms with Crippen molar-refractivity contribution in [2.24, 2.45) is 0 Å². The Morgan fingerprint density at radius 3 is 2.44 bits per heavy atom. The molecule has 1 unspecified atom stereocenters. The van der Waals surface area contributed by atoms with Crippen LogP contribution in [0.3, 0.4) is 0 Å². The number of hydrogen-bond acceptors (Lipinski definition) is 4. The molecule has 86 valence electrons. The highest BCUT2D eigenvalue weighted by atomic mass is 32.2. The summed E-state index contributed by atoms with van der Waals surface area (Å²) in [6, 6.07) is 5.87. The van der Waals surface area contributed by atoms with Gasteiger partial charge in [0.15, 0.2) is 0 Å². The second-order valence-corrected chi connectivity index (χ2v) is 4.38. The summed E-state index contributed by atoms with van der Waals surface area (Å²) in [5, 5.41) is 18.7. The topological polar surface area (TPSA) is 80.4 Å². The lowest BCUT2D eigenvalue weighted by Crippen LogP contribution is -2.14. The summed E-state index contributed by atoms with van der Waals surface area (Å²) in [5.74, 6) is -0.870. The van der Waals surface area contributed by atoms with Gasteiger partial charge in [0, 0.05) is 17.0 Å². The van der Waals surface area contributed by atoms with Gasteiger partial charge in [0.1, 0.15) is 5.25 Å². The van der Waals surface area contributed by atoms with Gasteiger partial charge in [0.2, 0.25) is 0 Å². The average molecular weight is 241 g/mol. The molecule has 16 heavy (non-hydrogen) atoms. The van der Waals surface area contributed by atoms with Crippen LogP contribution in [0.1, 0.15) is 13.3 Å². The first kappa shape index (κ1) is 12.5. The number of thioether (sulfide) groups is 1. The van der Waals surface area contributed by atoms with Gasteiger partial charge in [0.05, 0.1) is 4.92 Å². The molecular weight excluding hydrogens is 230 g/mol. The number of rotatable bonds is 5. The van der Waals surface area contributed by atoms with E-state index in [-0.39, 0.29) is 5.69 Å². The van der Waals surface area contributed by atoms with Crippen LogP contribution in [0.5, 0.6) is 0 Å². The molecule has 0 heterocycles. The Morgan fingerprint density at radius 1 is 1.50 bits per heavy atom. The summed E-state index contributed by atoms with van der Waals surface area (Å²) in [4.78, 5) is 21.4. The van der Waals surface area contributed by atoms with Crippen molar-refractivity contribution in [1.82, 2.24) is 0 Å². The number of carbonyl (C=O) groups is 1. The summed E-state index contributed by atoms with van der Waals surface area (Å²) >= 11 is 1.20. The third-order valence-corrected chi connectivity index (χ3v) is 3.34. The van der Waals surface area contributed by atoms with E-state index in [4.69, 9.17) is 5.11 Å². The number of nitro benzene ring substituents is 1. The molecule has 0 fully saturated rings. The second kappa shape index (κ2) is 5.50. The fraction of sp³-hybridized carbons (Fsp3) is 0.300. The lowest BCUT2D eigenvalue weighted by atomic mass is 10.3. The molecule has 1 aromatic carbocycles. The van der Waals surface area contributed by atoms with Gasteiger partial charge in [-0.15, -0.1) is 11.8 Å². The molecule has 0 aliphatic carbocycles. The van der Waals surface area contributed by atoms with Gasteiger partial charge in [0.25, 0.3) is 5.69 Å². The van der Waals surface area contributed by atoms with E-state index in [1.54, 1.807) is 19.1 Å². The number of nitrogens with zero attached hydrogens (tertiary/aromatic N) is 1. The molecule has 0 saturated carbocycles. The molecule has 0 aliphatic heterocycles. The minimum Gasteiger partial charge on any atom is -0.480 e. The fourth-order valence-corrected chi connectivity index (χ4v) is 2.01. The molecule has 0 amide bonds. The van der Waals surface area contributed by atoms with Crippen LogP contribution in [0.4, 0.5) is 5.69 Å². The van der Waals surface area contributed by atoms with Gasteiger partial charge in [-0.3, -0.25) is 14.9 Å². The van der Waals surface area contributed by atoms with Gasteiger partial charge < -0.3 is 5.11 Å². The molecule has 0 spiro atoms. The van der Waals surface area contributed by atoms with E-state index in [9.17, 15) is 14.9 Å². The van der Waals surface area contributed by atoms with E-state index in [0.717, 1.165) is 4.90 Å². The molecular formula is C10H11NO4S. The average Bonchev–Trinajstić information content (AvgIpc) is 2.26. The van der Waals surface area contributed by atoms with Crippen molar-refractivity contribution < 1.29 is 14.8 Å². The molecule has 1 atom stereocenters. The maximum Gasteiger partial charge on any atom is 0.316 e. The standard InChI is InChI=1S/C10H11NO4S/c1-2-9(10(12)13)16-8-5-3-7(4-6-8)11(14)15/h3-6,9H,2H2,1H3,(H,12,13). The van der Waals surface area contributed by atoms with E-state index in [0.29, 0.717) is 6.42 Å². The first-order valence-electron chi connectivity index (χ1n) is 4.68. The maximum atomic E-state index is 10.8. The van der Waals surface area contributed by atoms with Crippen LogP contribution in [0.25, 0.3) is 0 Å². The van der Waals surface area contributed by atoms with Gasteiger partial charge >= 0.3 is 5.97 Å². The van der Waals surface area contributed by atoms with Crippen LogP contribution in [-0.4, -0.2) is 21.2 Å². The minimum atomic E-state index is -0.870. The Hall–Kier alpha value is -1.56. The molecule has 1 N–H and O–H groups in total. The van der Waals surface area contributed by atoms with Crippen molar-refractivity contribution in [2.75, 3.05) is 0 Å². The number of nitro groups is 1. The van der Waals surface area contributed by atoms with E-state index >= 15 is 0 Å². The number of carboxylic acid groups (broad SMARTS) is 1. The second-order valence-electron chi connectivity index (χ2n) is 3.10. The zero-order chi connectivity index (χ0) is 12.1. The number of hydrogen-bond donors (Lipinski definition) is 1. The van der Waals surface area contributed by atoms with Gasteiger partial charge in [-0.2, -0.15) is 0 Å². The Morgan fingerprint density at radius 2 is 2.06 bits per heavy atom. The Labute approximate surface area is 96.6 Å². The summed E-state index contributed by atoms with van der Waals surface area (Å²) in [6.07, 6.45) is 0.511. The quantitative estimate of drug-likeness (QED) is 0.486. The maximum absolute atomic E-state index is 10.8. The van der Waals surface area contributed by atoms with Crippen LogP contribution in [0.15, 0.2) is 29.2 Å². The normalized spacial score (nSPS) is 12.1. The van der Waals surface area contributed by atoms with Crippen LogP contribution in [0.2, 0.25) is 0 Å². The van der Waals surface area contributed by atoms with Crippen LogP contribution in [0, 0.1) is 10.1 Å². The molecule has 0 bridgehead atoms. The number of aliphatic carboxylic acids is 1. The largest absolute Gasteiger partial charge is 0.480 e. The highest BCUT2D eigenvalue weighted by molar-refractivity contribution is 8.00. The summed E-state index contributed by atoms with van der Waals surface area (Å²) in [6.45, 7) is 1.79. The minimum absolute atomic E-state index is 0.00715. The Kier molecular flexibility index (Phi) is 4.30.